The molecular weight excluding hydrogens is 178 g/mol. The first-order valence-corrected chi connectivity index (χ1v) is 5.09. The van der Waals surface area contributed by atoms with Crippen LogP contribution in [0.3, 0.4) is 0 Å². The van der Waals surface area contributed by atoms with Crippen molar-refractivity contribution >= 4 is 12.2 Å². The SMILES string of the molecule is CC(N)=NCC(C)C1CCN(C=O)C1. The quantitative estimate of drug-likeness (QED) is 0.405. The van der Waals surface area contributed by atoms with E-state index in [2.05, 4.69) is 11.9 Å². The first kappa shape index (κ1) is 11.0. The van der Waals surface area contributed by atoms with Gasteiger partial charge >= 0.3 is 0 Å². The Bertz CT molecular complexity index is 223. The Morgan fingerprint density at radius 1 is 1.79 bits per heavy atom. The molecule has 14 heavy (non-hydrogen) atoms. The minimum Gasteiger partial charge on any atom is -0.388 e. The molecule has 2 atom stereocenters. The van der Waals surface area contributed by atoms with Gasteiger partial charge in [-0.25, -0.2) is 0 Å². The summed E-state index contributed by atoms with van der Waals surface area (Å²) in [6.45, 7) is 6.53. The van der Waals surface area contributed by atoms with Gasteiger partial charge in [0, 0.05) is 19.6 Å². The summed E-state index contributed by atoms with van der Waals surface area (Å²) in [6.07, 6.45) is 2.03. The van der Waals surface area contributed by atoms with E-state index in [1.165, 1.54) is 0 Å². The molecular formula is C10H19N3O. The van der Waals surface area contributed by atoms with Gasteiger partial charge in [0.25, 0.3) is 0 Å². The average Bonchev–Trinajstić information content (AvgIpc) is 2.62. The number of carbonyl (C=O) groups excluding carboxylic acids is 1. The average molecular weight is 197 g/mol. The zero-order chi connectivity index (χ0) is 10.6. The fourth-order valence-electron chi connectivity index (χ4n) is 1.81. The zero-order valence-electron chi connectivity index (χ0n) is 8.94. The molecule has 1 heterocycles. The van der Waals surface area contributed by atoms with Crippen LogP contribution in [-0.4, -0.2) is 36.8 Å². The molecule has 4 nitrogen and oxygen atoms in total. The lowest BCUT2D eigenvalue weighted by Crippen LogP contribution is -2.22. The Kier molecular flexibility index (Phi) is 3.92. The van der Waals surface area contributed by atoms with Crippen LogP contribution < -0.4 is 5.73 Å². The first-order valence-electron chi connectivity index (χ1n) is 5.09. The molecule has 0 aromatic carbocycles. The second-order valence-corrected chi connectivity index (χ2v) is 4.11. The van der Waals surface area contributed by atoms with E-state index in [4.69, 9.17) is 5.73 Å². The maximum absolute atomic E-state index is 10.5. The Morgan fingerprint density at radius 2 is 2.50 bits per heavy atom. The highest BCUT2D eigenvalue weighted by Gasteiger charge is 2.25. The van der Waals surface area contributed by atoms with Gasteiger partial charge in [0.2, 0.25) is 6.41 Å². The Hall–Kier alpha value is -1.06. The monoisotopic (exact) mass is 197 g/mol. The smallest absolute Gasteiger partial charge is 0.209 e. The molecule has 0 aromatic heterocycles. The molecule has 0 aromatic rings. The van der Waals surface area contributed by atoms with Crippen LogP contribution in [-0.2, 0) is 4.79 Å². The maximum Gasteiger partial charge on any atom is 0.209 e. The Morgan fingerprint density at radius 3 is 3.00 bits per heavy atom. The van der Waals surface area contributed by atoms with Crippen LogP contribution in [0.1, 0.15) is 20.3 Å². The number of carbonyl (C=O) groups is 1. The van der Waals surface area contributed by atoms with E-state index in [-0.39, 0.29) is 0 Å². The van der Waals surface area contributed by atoms with Crippen molar-refractivity contribution < 1.29 is 4.79 Å². The molecule has 80 valence electrons. The summed E-state index contributed by atoms with van der Waals surface area (Å²) < 4.78 is 0. The predicted octanol–water partition coefficient (Wildman–Crippen LogP) is 0.478. The molecule has 0 spiro atoms. The highest BCUT2D eigenvalue weighted by atomic mass is 16.1. The van der Waals surface area contributed by atoms with Crippen LogP contribution in [0, 0.1) is 11.8 Å². The molecule has 0 saturated carbocycles. The van der Waals surface area contributed by atoms with Crippen molar-refractivity contribution in [3.63, 3.8) is 0 Å². The molecule has 1 rings (SSSR count). The van der Waals surface area contributed by atoms with Crippen LogP contribution in [0.15, 0.2) is 4.99 Å². The standard InChI is InChI=1S/C10H19N3O/c1-8(5-12-9(2)11)10-3-4-13(6-10)7-14/h7-8,10H,3-6H2,1-2H3,(H2,11,12). The van der Waals surface area contributed by atoms with Crippen LogP contribution >= 0.6 is 0 Å². The van der Waals surface area contributed by atoms with E-state index in [0.29, 0.717) is 17.7 Å². The van der Waals surface area contributed by atoms with Gasteiger partial charge < -0.3 is 10.6 Å². The zero-order valence-corrected chi connectivity index (χ0v) is 8.94. The van der Waals surface area contributed by atoms with Crippen molar-refractivity contribution in [3.8, 4) is 0 Å². The minimum absolute atomic E-state index is 0.512. The van der Waals surface area contributed by atoms with Crippen LogP contribution in [0.25, 0.3) is 0 Å². The third-order valence-corrected chi connectivity index (χ3v) is 2.84. The van der Waals surface area contributed by atoms with E-state index in [0.717, 1.165) is 32.5 Å². The van der Waals surface area contributed by atoms with Crippen molar-refractivity contribution in [2.24, 2.45) is 22.6 Å². The third-order valence-electron chi connectivity index (χ3n) is 2.84. The van der Waals surface area contributed by atoms with E-state index < -0.39 is 0 Å². The van der Waals surface area contributed by atoms with Gasteiger partial charge in [0.1, 0.15) is 0 Å². The lowest BCUT2D eigenvalue weighted by Gasteiger charge is -2.16. The van der Waals surface area contributed by atoms with Crippen LogP contribution in [0.4, 0.5) is 0 Å². The van der Waals surface area contributed by atoms with Gasteiger partial charge in [-0.15, -0.1) is 0 Å². The summed E-state index contributed by atoms with van der Waals surface area (Å²) in [5, 5.41) is 0. The molecule has 0 radical (unpaired) electrons. The number of rotatable bonds is 4. The fraction of sp³-hybridized carbons (Fsp3) is 0.800. The molecule has 1 saturated heterocycles. The second kappa shape index (κ2) is 4.98. The highest BCUT2D eigenvalue weighted by Crippen LogP contribution is 2.23. The van der Waals surface area contributed by atoms with E-state index in [9.17, 15) is 4.79 Å². The minimum atomic E-state index is 0.512. The highest BCUT2D eigenvalue weighted by molar-refractivity contribution is 5.77. The molecule has 1 aliphatic rings. The molecule has 1 amide bonds. The first-order chi connectivity index (χ1) is 6.63. The number of nitrogens with two attached hydrogens (primary N) is 1. The van der Waals surface area contributed by atoms with Gasteiger partial charge in [-0.1, -0.05) is 6.92 Å². The van der Waals surface area contributed by atoms with Crippen molar-refractivity contribution in [3.05, 3.63) is 0 Å². The van der Waals surface area contributed by atoms with Gasteiger partial charge in [0.15, 0.2) is 0 Å². The van der Waals surface area contributed by atoms with Gasteiger partial charge in [-0.05, 0) is 25.2 Å². The van der Waals surface area contributed by atoms with Gasteiger partial charge in [-0.2, -0.15) is 0 Å². The summed E-state index contributed by atoms with van der Waals surface area (Å²) in [5.74, 6) is 1.74. The van der Waals surface area contributed by atoms with Crippen molar-refractivity contribution in [1.29, 1.82) is 0 Å². The number of amidine groups is 1. The Labute approximate surface area is 85.2 Å². The van der Waals surface area contributed by atoms with E-state index in [1.807, 2.05) is 4.90 Å². The van der Waals surface area contributed by atoms with Crippen molar-refractivity contribution in [2.45, 2.75) is 20.3 Å². The summed E-state index contributed by atoms with van der Waals surface area (Å²) in [5.41, 5.74) is 5.48. The normalized spacial score (nSPS) is 25.1. The predicted molar refractivity (Wildman–Crippen MR) is 57.1 cm³/mol. The number of likely N-dealkylation sites (tertiary alicyclic amines) is 1. The Balaban J connectivity index is 2.35. The van der Waals surface area contributed by atoms with E-state index in [1.54, 1.807) is 6.92 Å². The topological polar surface area (TPSA) is 58.7 Å². The summed E-state index contributed by atoms with van der Waals surface area (Å²) in [6, 6.07) is 0. The molecule has 2 N–H and O–H groups in total. The molecule has 4 heteroatoms. The molecule has 2 unspecified atom stereocenters. The molecule has 0 bridgehead atoms. The lowest BCUT2D eigenvalue weighted by molar-refractivity contribution is -0.117. The number of nitrogens with zero attached hydrogens (tertiary/aromatic N) is 2. The maximum atomic E-state index is 10.5. The van der Waals surface area contributed by atoms with Crippen molar-refractivity contribution in [1.82, 2.24) is 4.90 Å². The summed E-state index contributed by atoms with van der Waals surface area (Å²) in [4.78, 5) is 16.6. The second-order valence-electron chi connectivity index (χ2n) is 4.11. The number of amides is 1. The van der Waals surface area contributed by atoms with Crippen LogP contribution in [0.2, 0.25) is 0 Å². The fourth-order valence-corrected chi connectivity index (χ4v) is 1.81. The number of hydrogen-bond donors (Lipinski definition) is 1. The number of hydrogen-bond acceptors (Lipinski definition) is 2. The lowest BCUT2D eigenvalue weighted by atomic mass is 9.93. The summed E-state index contributed by atoms with van der Waals surface area (Å²) in [7, 11) is 0. The van der Waals surface area contributed by atoms with Gasteiger partial charge in [-0.3, -0.25) is 9.79 Å². The van der Waals surface area contributed by atoms with Crippen molar-refractivity contribution in [2.75, 3.05) is 19.6 Å². The number of aliphatic imine (C=N–C) groups is 1. The molecule has 1 fully saturated rings. The summed E-state index contributed by atoms with van der Waals surface area (Å²) >= 11 is 0. The molecule has 1 aliphatic heterocycles. The van der Waals surface area contributed by atoms with Crippen LogP contribution in [0.5, 0.6) is 0 Å². The molecule has 0 aliphatic carbocycles. The van der Waals surface area contributed by atoms with E-state index >= 15 is 0 Å². The van der Waals surface area contributed by atoms with Gasteiger partial charge in [0.05, 0.1) is 5.84 Å². The largest absolute Gasteiger partial charge is 0.388 e. The third kappa shape index (κ3) is 3.01.